The van der Waals surface area contributed by atoms with E-state index in [-0.39, 0.29) is 0 Å². The minimum atomic E-state index is -2.17. The van der Waals surface area contributed by atoms with Crippen molar-refractivity contribution in [1.82, 2.24) is 16.0 Å². The number of phenolic OH excluding ortho intramolecular Hbond substituents is 4. The quantitative estimate of drug-likeness (QED) is 0.0837. The summed E-state index contributed by atoms with van der Waals surface area (Å²) in [5.41, 5.74) is 0. The molecule has 4 aromatic carbocycles. The van der Waals surface area contributed by atoms with E-state index < -0.39 is 7.32 Å². The SMILES string of the molecule is C1CCC(NC2CCCCC2)CC1.C1CCC(NC2CCCCC2)CC1.C1CCC(NC2CCCCC2)CC1.OB(O)O.Oc1ccccc1.Oc1ccccc1.Oc1ccccc1.Oc1ccccc1. The number of hydrogen-bond acceptors (Lipinski definition) is 10. The highest BCUT2D eigenvalue weighted by Crippen LogP contribution is 2.25. The molecule has 11 heteroatoms. The van der Waals surface area contributed by atoms with Gasteiger partial charge in [-0.2, -0.15) is 0 Å². The summed E-state index contributed by atoms with van der Waals surface area (Å²) < 4.78 is 0. The van der Waals surface area contributed by atoms with E-state index in [4.69, 9.17) is 35.5 Å². The Morgan fingerprint density at radius 3 is 0.465 bits per heavy atom. The highest BCUT2D eigenvalue weighted by molar-refractivity contribution is 6.30. The zero-order chi connectivity index (χ0) is 50.8. The highest BCUT2D eigenvalue weighted by atomic mass is 16.5. The van der Waals surface area contributed by atoms with Gasteiger partial charge in [0.25, 0.3) is 0 Å². The molecule has 0 radical (unpaired) electrons. The van der Waals surface area contributed by atoms with Crippen LogP contribution in [0.3, 0.4) is 0 Å². The van der Waals surface area contributed by atoms with Gasteiger partial charge in [0, 0.05) is 36.3 Å². The Bertz CT molecular complexity index is 1430. The lowest BCUT2D eigenvalue weighted by Crippen LogP contribution is -2.40. The van der Waals surface area contributed by atoms with Crippen molar-refractivity contribution >= 4 is 7.32 Å². The fourth-order valence-electron chi connectivity index (χ4n) is 10.3. The number of phenols is 4. The summed E-state index contributed by atoms with van der Waals surface area (Å²) in [5.74, 6) is 1.29. The van der Waals surface area contributed by atoms with Crippen molar-refractivity contribution in [1.29, 1.82) is 0 Å². The van der Waals surface area contributed by atoms with E-state index in [0.717, 1.165) is 36.3 Å². The summed E-state index contributed by atoms with van der Waals surface area (Å²) in [6.45, 7) is 0. The fourth-order valence-corrected chi connectivity index (χ4v) is 10.3. The zero-order valence-corrected chi connectivity index (χ0v) is 43.4. The lowest BCUT2D eigenvalue weighted by Gasteiger charge is -2.30. The van der Waals surface area contributed by atoms with Crippen LogP contribution in [0.25, 0.3) is 0 Å². The molecule has 0 heterocycles. The second-order valence-corrected chi connectivity index (χ2v) is 20.2. The summed E-state index contributed by atoms with van der Waals surface area (Å²) in [6, 6.07) is 40.1. The van der Waals surface area contributed by atoms with Gasteiger partial charge in [0.15, 0.2) is 0 Å². The van der Waals surface area contributed by atoms with Crippen molar-refractivity contribution in [2.45, 2.75) is 229 Å². The molecule has 0 aliphatic heterocycles. The number of hydrogen-bond donors (Lipinski definition) is 10. The van der Waals surface area contributed by atoms with Gasteiger partial charge in [0.05, 0.1) is 0 Å². The molecule has 0 aromatic heterocycles. The maximum absolute atomic E-state index is 8.63. The van der Waals surface area contributed by atoms with Gasteiger partial charge in [-0.05, 0) is 126 Å². The van der Waals surface area contributed by atoms with Crippen LogP contribution in [0.4, 0.5) is 0 Å². The monoisotopic (exact) mass is 982 g/mol. The van der Waals surface area contributed by atoms with Gasteiger partial charge in [-0.1, -0.05) is 188 Å². The molecule has 0 saturated heterocycles. The third-order valence-corrected chi connectivity index (χ3v) is 14.1. The van der Waals surface area contributed by atoms with Crippen LogP contribution in [-0.2, 0) is 0 Å². The molecule has 0 unspecified atom stereocenters. The Morgan fingerprint density at radius 2 is 0.366 bits per heavy atom. The Hall–Kier alpha value is -4.10. The maximum Gasteiger partial charge on any atom is 0.631 e. The third-order valence-electron chi connectivity index (χ3n) is 14.1. The lowest BCUT2D eigenvalue weighted by molar-refractivity contribution is 0.278. The summed E-state index contributed by atoms with van der Waals surface area (Å²) in [4.78, 5) is 0. The Balaban J connectivity index is 0.000000220. The van der Waals surface area contributed by atoms with E-state index in [1.165, 1.54) is 193 Å². The normalized spacial score (nSPS) is 19.0. The first-order valence-electron chi connectivity index (χ1n) is 27.9. The molecule has 6 aliphatic carbocycles. The fraction of sp³-hybridized carbons (Fsp3) is 0.600. The zero-order valence-electron chi connectivity index (χ0n) is 43.4. The molecule has 71 heavy (non-hydrogen) atoms. The average molecular weight is 982 g/mol. The van der Waals surface area contributed by atoms with Crippen LogP contribution in [-0.4, -0.2) is 79.1 Å². The van der Waals surface area contributed by atoms with Crippen molar-refractivity contribution in [3.05, 3.63) is 121 Å². The Labute approximate surface area is 430 Å². The van der Waals surface area contributed by atoms with Gasteiger partial charge in [-0.3, -0.25) is 0 Å². The van der Waals surface area contributed by atoms with Crippen molar-refractivity contribution in [2.24, 2.45) is 0 Å². The van der Waals surface area contributed by atoms with E-state index in [2.05, 4.69) is 16.0 Å². The Morgan fingerprint density at radius 1 is 0.239 bits per heavy atom. The van der Waals surface area contributed by atoms with Gasteiger partial charge < -0.3 is 51.4 Å². The third kappa shape index (κ3) is 34.8. The van der Waals surface area contributed by atoms with Gasteiger partial charge in [-0.15, -0.1) is 0 Å². The summed E-state index contributed by atoms with van der Waals surface area (Å²) >= 11 is 0. The van der Waals surface area contributed by atoms with Crippen LogP contribution in [0, 0.1) is 0 Å². The summed E-state index contributed by atoms with van der Waals surface area (Å²) in [5, 5.41) is 67.6. The minimum Gasteiger partial charge on any atom is -0.508 e. The van der Waals surface area contributed by atoms with Gasteiger partial charge in [0.1, 0.15) is 23.0 Å². The number of rotatable bonds is 6. The summed E-state index contributed by atoms with van der Waals surface area (Å²) in [6.07, 6.45) is 43.7. The average Bonchev–Trinajstić information content (AvgIpc) is 3.40. The second-order valence-electron chi connectivity index (χ2n) is 20.2. The van der Waals surface area contributed by atoms with Crippen LogP contribution >= 0.6 is 0 Å². The number of nitrogens with one attached hydrogen (secondary N) is 3. The van der Waals surface area contributed by atoms with E-state index in [0.29, 0.717) is 23.0 Å². The van der Waals surface area contributed by atoms with Gasteiger partial charge in [-0.25, -0.2) is 0 Å². The maximum atomic E-state index is 8.63. The van der Waals surface area contributed by atoms with Crippen LogP contribution in [0.15, 0.2) is 121 Å². The number of aromatic hydroxyl groups is 4. The smallest absolute Gasteiger partial charge is 0.508 e. The van der Waals surface area contributed by atoms with E-state index in [9.17, 15) is 0 Å². The van der Waals surface area contributed by atoms with Crippen LogP contribution in [0.1, 0.15) is 193 Å². The largest absolute Gasteiger partial charge is 0.631 e. The molecule has 396 valence electrons. The molecule has 6 saturated carbocycles. The van der Waals surface area contributed by atoms with Crippen molar-refractivity contribution in [3.8, 4) is 23.0 Å². The molecule has 0 amide bonds. The minimum absolute atomic E-state index is 0.322. The van der Waals surface area contributed by atoms with Crippen LogP contribution in [0.5, 0.6) is 23.0 Å². The number of benzene rings is 4. The standard InChI is InChI=1S/3C12H23N.4C6H6O.BH3O3/c3*1-3-7-11(8-4-1)13-12-9-5-2-6-10-12;4*7-6-4-2-1-3-5-6;2-1(3)4/h3*11-13H,1-10H2;4*1-5,7H;2-4H. The van der Waals surface area contributed by atoms with Crippen LogP contribution < -0.4 is 16.0 Å². The molecule has 0 atom stereocenters. The van der Waals surface area contributed by atoms with E-state index in [1.807, 2.05) is 24.3 Å². The molecule has 6 fully saturated rings. The van der Waals surface area contributed by atoms with Crippen molar-refractivity contribution in [3.63, 3.8) is 0 Å². The molecule has 10 N–H and O–H groups in total. The van der Waals surface area contributed by atoms with Gasteiger partial charge in [0.2, 0.25) is 0 Å². The predicted molar refractivity (Wildman–Crippen MR) is 295 cm³/mol. The predicted octanol–water partition coefficient (Wildman–Crippen LogP) is 13.2. The van der Waals surface area contributed by atoms with Gasteiger partial charge >= 0.3 is 7.32 Å². The molecule has 10 rings (SSSR count). The molecular formula is C60H96BN3O7. The molecular weight excluding hydrogens is 885 g/mol. The molecule has 6 aliphatic rings. The summed E-state index contributed by atoms with van der Waals surface area (Å²) in [7, 11) is -2.17. The van der Waals surface area contributed by atoms with Crippen LogP contribution in [0.2, 0.25) is 0 Å². The topological polar surface area (TPSA) is 178 Å². The molecule has 0 spiro atoms. The first-order chi connectivity index (χ1) is 34.7. The molecule has 0 bridgehead atoms. The van der Waals surface area contributed by atoms with E-state index in [1.54, 1.807) is 97.1 Å². The second kappa shape index (κ2) is 41.4. The first kappa shape index (κ1) is 61.2. The highest BCUT2D eigenvalue weighted by Gasteiger charge is 2.21. The molecule has 4 aromatic rings. The first-order valence-corrected chi connectivity index (χ1v) is 27.9. The van der Waals surface area contributed by atoms with Crippen molar-refractivity contribution < 1.29 is 35.5 Å². The van der Waals surface area contributed by atoms with Crippen molar-refractivity contribution in [2.75, 3.05) is 0 Å². The number of para-hydroxylation sites is 4. The Kier molecular flexibility index (Phi) is 35.7. The lowest BCUT2D eigenvalue weighted by atomic mass is 9.91. The van der Waals surface area contributed by atoms with E-state index >= 15 is 0 Å². The molecule has 10 nitrogen and oxygen atoms in total.